The molecule has 1 aromatic rings. The lowest BCUT2D eigenvalue weighted by Gasteiger charge is -2.21. The maximum absolute atomic E-state index is 12.5. The molecule has 0 aromatic carbocycles. The highest BCUT2D eigenvalue weighted by Gasteiger charge is 2.39. The van der Waals surface area contributed by atoms with Gasteiger partial charge in [0.25, 0.3) is 10.0 Å². The fourth-order valence-electron chi connectivity index (χ4n) is 1.90. The first-order valence-corrected chi connectivity index (χ1v) is 7.96. The molecule has 1 heterocycles. The zero-order valence-corrected chi connectivity index (χ0v) is 12.0. The molecule has 0 spiro atoms. The van der Waals surface area contributed by atoms with Crippen molar-refractivity contribution in [3.63, 3.8) is 0 Å². The molecule has 0 unspecified atom stereocenters. The van der Waals surface area contributed by atoms with Crippen LogP contribution in [-0.4, -0.2) is 31.6 Å². The minimum absolute atomic E-state index is 0.0400. The van der Waals surface area contributed by atoms with E-state index in [2.05, 4.69) is 13.8 Å². The van der Waals surface area contributed by atoms with Gasteiger partial charge in [0, 0.05) is 12.6 Å². The molecular formula is C13H19NO4S. The van der Waals surface area contributed by atoms with E-state index in [0.29, 0.717) is 18.7 Å². The average molecular weight is 285 g/mol. The van der Waals surface area contributed by atoms with Crippen LogP contribution >= 0.6 is 0 Å². The Morgan fingerprint density at radius 2 is 2.11 bits per heavy atom. The molecule has 1 saturated carbocycles. The van der Waals surface area contributed by atoms with Crippen molar-refractivity contribution in [2.75, 3.05) is 6.54 Å². The van der Waals surface area contributed by atoms with Crippen LogP contribution in [0.1, 0.15) is 43.7 Å². The van der Waals surface area contributed by atoms with Crippen molar-refractivity contribution in [1.82, 2.24) is 4.31 Å². The van der Waals surface area contributed by atoms with Gasteiger partial charge in [-0.2, -0.15) is 4.31 Å². The minimum atomic E-state index is -3.61. The van der Waals surface area contributed by atoms with E-state index in [9.17, 15) is 13.2 Å². The van der Waals surface area contributed by atoms with Crippen LogP contribution < -0.4 is 0 Å². The Morgan fingerprint density at radius 3 is 2.58 bits per heavy atom. The first-order valence-electron chi connectivity index (χ1n) is 6.52. The van der Waals surface area contributed by atoms with Crippen LogP contribution in [0, 0.1) is 5.92 Å². The average Bonchev–Trinajstić information content (AvgIpc) is 3.05. The van der Waals surface area contributed by atoms with E-state index < -0.39 is 10.0 Å². The van der Waals surface area contributed by atoms with Gasteiger partial charge in [-0.05, 0) is 37.3 Å². The molecule has 1 aromatic heterocycles. The first-order chi connectivity index (χ1) is 8.95. The second-order valence-electron chi connectivity index (χ2n) is 5.30. The van der Waals surface area contributed by atoms with Gasteiger partial charge in [-0.1, -0.05) is 13.8 Å². The Balaban J connectivity index is 2.21. The number of sulfonamides is 1. The van der Waals surface area contributed by atoms with E-state index in [1.165, 1.54) is 16.4 Å². The second kappa shape index (κ2) is 5.46. The number of furan rings is 1. The van der Waals surface area contributed by atoms with E-state index >= 15 is 0 Å². The second-order valence-corrected chi connectivity index (χ2v) is 7.13. The smallest absolute Gasteiger partial charge is 0.276 e. The van der Waals surface area contributed by atoms with Gasteiger partial charge < -0.3 is 4.42 Å². The van der Waals surface area contributed by atoms with Gasteiger partial charge in [-0.25, -0.2) is 8.42 Å². The van der Waals surface area contributed by atoms with Crippen LogP contribution in [0.25, 0.3) is 0 Å². The third kappa shape index (κ3) is 3.25. The Hall–Kier alpha value is -1.14. The summed E-state index contributed by atoms with van der Waals surface area (Å²) in [5, 5.41) is -0.134. The highest BCUT2D eigenvalue weighted by molar-refractivity contribution is 7.89. The molecule has 0 radical (unpaired) electrons. The number of rotatable bonds is 7. The van der Waals surface area contributed by atoms with Gasteiger partial charge in [0.2, 0.25) is 5.09 Å². The lowest BCUT2D eigenvalue weighted by Crippen LogP contribution is -2.34. The van der Waals surface area contributed by atoms with Crippen molar-refractivity contribution in [2.24, 2.45) is 5.92 Å². The maximum atomic E-state index is 12.5. The lowest BCUT2D eigenvalue weighted by molar-refractivity contribution is 0.109. The Morgan fingerprint density at radius 1 is 1.42 bits per heavy atom. The molecule has 0 atom stereocenters. The van der Waals surface area contributed by atoms with Crippen molar-refractivity contribution in [1.29, 1.82) is 0 Å². The molecule has 106 valence electrons. The number of nitrogens with zero attached hydrogens (tertiary/aromatic N) is 1. The predicted octanol–water partition coefficient (Wildman–Crippen LogP) is 2.29. The van der Waals surface area contributed by atoms with Crippen LogP contribution in [0.3, 0.4) is 0 Å². The largest absolute Gasteiger partial charge is 0.440 e. The fraction of sp³-hybridized carbons (Fsp3) is 0.615. The summed E-state index contributed by atoms with van der Waals surface area (Å²) in [6, 6.07) is 2.82. The highest BCUT2D eigenvalue weighted by atomic mass is 32.2. The monoisotopic (exact) mass is 285 g/mol. The number of hydrogen-bond acceptors (Lipinski definition) is 4. The summed E-state index contributed by atoms with van der Waals surface area (Å²) < 4.78 is 31.5. The number of carbonyl (C=O) groups is 1. The quantitative estimate of drug-likeness (QED) is 0.721. The van der Waals surface area contributed by atoms with Gasteiger partial charge in [-0.15, -0.1) is 0 Å². The van der Waals surface area contributed by atoms with Gasteiger partial charge in [0.1, 0.15) is 0 Å². The van der Waals surface area contributed by atoms with Crippen molar-refractivity contribution in [2.45, 2.75) is 44.2 Å². The highest BCUT2D eigenvalue weighted by Crippen LogP contribution is 2.33. The molecule has 1 aliphatic rings. The maximum Gasteiger partial charge on any atom is 0.276 e. The molecule has 5 nitrogen and oxygen atoms in total. The minimum Gasteiger partial charge on any atom is -0.440 e. The summed E-state index contributed by atoms with van der Waals surface area (Å²) in [5.74, 6) is 0.483. The van der Waals surface area contributed by atoms with Crippen molar-refractivity contribution in [3.05, 3.63) is 17.9 Å². The first kappa shape index (κ1) is 14.3. The van der Waals surface area contributed by atoms with Crippen molar-refractivity contribution < 1.29 is 17.6 Å². The summed E-state index contributed by atoms with van der Waals surface area (Å²) in [6.45, 7) is 4.63. The van der Waals surface area contributed by atoms with Crippen LogP contribution in [0.5, 0.6) is 0 Å². The third-order valence-corrected chi connectivity index (χ3v) is 4.99. The Kier molecular flexibility index (Phi) is 4.10. The van der Waals surface area contributed by atoms with Gasteiger partial charge in [0.15, 0.2) is 12.0 Å². The molecule has 0 bridgehead atoms. The van der Waals surface area contributed by atoms with E-state index in [0.717, 1.165) is 19.3 Å². The molecule has 0 aliphatic heterocycles. The molecule has 0 amide bonds. The molecule has 6 heteroatoms. The normalized spacial score (nSPS) is 16.2. The number of carbonyl (C=O) groups excluding carboxylic acids is 1. The van der Waals surface area contributed by atoms with E-state index in [1.807, 2.05) is 0 Å². The summed E-state index contributed by atoms with van der Waals surface area (Å²) in [7, 11) is -3.61. The Labute approximate surface area is 113 Å². The van der Waals surface area contributed by atoms with E-state index in [4.69, 9.17) is 4.42 Å². The molecular weight excluding hydrogens is 266 g/mol. The topological polar surface area (TPSA) is 67.6 Å². The van der Waals surface area contributed by atoms with Gasteiger partial charge in [-0.3, -0.25) is 4.79 Å². The lowest BCUT2D eigenvalue weighted by atomic mass is 10.1. The van der Waals surface area contributed by atoms with Crippen molar-refractivity contribution >= 4 is 16.3 Å². The summed E-state index contributed by atoms with van der Waals surface area (Å²) >= 11 is 0. The number of hydrogen-bond donors (Lipinski definition) is 0. The van der Waals surface area contributed by atoms with E-state index in [-0.39, 0.29) is 16.9 Å². The van der Waals surface area contributed by atoms with Crippen LogP contribution in [0.4, 0.5) is 0 Å². The predicted molar refractivity (Wildman–Crippen MR) is 70.5 cm³/mol. The van der Waals surface area contributed by atoms with Crippen molar-refractivity contribution in [3.8, 4) is 0 Å². The van der Waals surface area contributed by atoms with Gasteiger partial charge in [0.05, 0.1) is 0 Å². The molecule has 2 rings (SSSR count). The molecule has 1 fully saturated rings. The summed E-state index contributed by atoms with van der Waals surface area (Å²) in [6.07, 6.45) is 3.13. The van der Waals surface area contributed by atoms with Crippen LogP contribution in [0.15, 0.2) is 21.6 Å². The number of aldehydes is 1. The zero-order chi connectivity index (χ0) is 14.0. The standard InChI is InChI=1S/C13H19NO4S/c1-10(2)7-8-14(11-3-4-11)19(16,17)13-6-5-12(9-15)18-13/h5-6,9-11H,3-4,7-8H2,1-2H3. The molecule has 19 heavy (non-hydrogen) atoms. The van der Waals surface area contributed by atoms with E-state index in [1.54, 1.807) is 0 Å². The molecule has 0 N–H and O–H groups in total. The zero-order valence-electron chi connectivity index (χ0n) is 11.2. The fourth-order valence-corrected chi connectivity index (χ4v) is 3.52. The van der Waals surface area contributed by atoms with Gasteiger partial charge >= 0.3 is 0 Å². The molecule has 1 aliphatic carbocycles. The Bertz CT molecular complexity index is 543. The van der Waals surface area contributed by atoms with Crippen LogP contribution in [0.2, 0.25) is 0 Å². The SMILES string of the molecule is CC(C)CCN(C1CC1)S(=O)(=O)c1ccc(C=O)o1. The van der Waals surface area contributed by atoms with Crippen LogP contribution in [-0.2, 0) is 10.0 Å². The third-order valence-electron chi connectivity index (χ3n) is 3.16. The molecule has 0 saturated heterocycles. The summed E-state index contributed by atoms with van der Waals surface area (Å²) in [4.78, 5) is 10.6. The summed E-state index contributed by atoms with van der Waals surface area (Å²) in [5.41, 5.74) is 0.